The Kier molecular flexibility index (Phi) is 3.99. The van der Waals surface area contributed by atoms with E-state index in [1.165, 1.54) is 24.3 Å². The van der Waals surface area contributed by atoms with Crippen LogP contribution in [-0.4, -0.2) is 13.3 Å². The molecule has 0 saturated carbocycles. The molecule has 0 aliphatic heterocycles. The van der Waals surface area contributed by atoms with Crippen molar-refractivity contribution in [2.24, 2.45) is 0 Å². The first-order valence-electron chi connectivity index (χ1n) is 5.60. The third kappa shape index (κ3) is 2.94. The van der Waals surface area contributed by atoms with Crippen LogP contribution < -0.4 is 4.31 Å². The third-order valence-corrected chi connectivity index (χ3v) is 3.44. The van der Waals surface area contributed by atoms with Crippen LogP contribution in [0.5, 0.6) is 0 Å². The average Bonchev–Trinajstić information content (AvgIpc) is 2.41. The van der Waals surface area contributed by atoms with Gasteiger partial charge in [0, 0.05) is 12.1 Å². The summed E-state index contributed by atoms with van der Waals surface area (Å²) in [6.45, 7) is 3.73. The van der Waals surface area contributed by atoms with Gasteiger partial charge in [0.2, 0.25) is 10.9 Å². The second kappa shape index (κ2) is 5.70. The normalized spacial score (nSPS) is 10.5. The number of hydrogen-bond donors (Lipinski definition) is 1. The number of non-ortho nitro benzene ring substituents is 1. The molecule has 0 amide bonds. The Morgan fingerprint density at radius 3 is 1.80 bits per heavy atom. The van der Waals surface area contributed by atoms with Crippen molar-refractivity contribution in [2.75, 3.05) is 4.31 Å². The predicted molar refractivity (Wildman–Crippen MR) is 76.5 cm³/mol. The third-order valence-electron chi connectivity index (χ3n) is 2.65. The van der Waals surface area contributed by atoms with Crippen molar-refractivity contribution in [2.45, 2.75) is 0 Å². The topological polar surface area (TPSA) is 80.5 Å². The molecular formula is C13H11N2O4S. The zero-order valence-corrected chi connectivity index (χ0v) is 11.2. The molecule has 0 atom stereocenters. The number of nitrogens with zero attached hydrogens (tertiary/aromatic N) is 2. The molecule has 0 aromatic heterocycles. The van der Waals surface area contributed by atoms with Gasteiger partial charge in [-0.3, -0.25) is 10.1 Å². The minimum absolute atomic E-state index is 0.0945. The number of hydrogen-bond acceptors (Lipinski definition) is 4. The van der Waals surface area contributed by atoms with E-state index in [9.17, 15) is 18.5 Å². The van der Waals surface area contributed by atoms with Gasteiger partial charge in [0.15, 0.2) is 0 Å². The molecular weight excluding hydrogens is 280 g/mol. The van der Waals surface area contributed by atoms with Gasteiger partial charge in [-0.05, 0) is 36.8 Å². The largest absolute Gasteiger partial charge is 0.269 e. The highest BCUT2D eigenvalue weighted by molar-refractivity contribution is 7.74. The van der Waals surface area contributed by atoms with E-state index in [1.807, 2.05) is 0 Å². The second-order valence-corrected chi connectivity index (χ2v) is 4.87. The summed E-state index contributed by atoms with van der Waals surface area (Å²) in [5.74, 6) is 0. The lowest BCUT2D eigenvalue weighted by Crippen LogP contribution is -2.14. The molecule has 0 aliphatic rings. The van der Waals surface area contributed by atoms with E-state index < -0.39 is 15.8 Å². The number of nitro benzene ring substituents is 1. The van der Waals surface area contributed by atoms with Gasteiger partial charge >= 0.3 is 0 Å². The van der Waals surface area contributed by atoms with Crippen LogP contribution in [0, 0.1) is 17.0 Å². The van der Waals surface area contributed by atoms with Crippen LogP contribution in [0.25, 0.3) is 0 Å². The van der Waals surface area contributed by atoms with E-state index in [4.69, 9.17) is 0 Å². The molecule has 2 aromatic carbocycles. The van der Waals surface area contributed by atoms with Crippen LogP contribution >= 0.6 is 0 Å². The molecule has 0 aliphatic carbocycles. The van der Waals surface area contributed by atoms with Gasteiger partial charge in [-0.15, -0.1) is 0 Å². The molecule has 0 unspecified atom stereocenters. The highest BCUT2D eigenvalue weighted by Gasteiger charge is 2.13. The summed E-state index contributed by atoms with van der Waals surface area (Å²) >= 11 is 0. The molecule has 6 nitrogen and oxygen atoms in total. The van der Waals surface area contributed by atoms with Crippen molar-refractivity contribution in [1.82, 2.24) is 0 Å². The molecule has 0 heterocycles. The highest BCUT2D eigenvalue weighted by atomic mass is 32.2. The molecule has 0 N–H and O–H groups in total. The van der Waals surface area contributed by atoms with Crippen molar-refractivity contribution >= 4 is 28.0 Å². The Morgan fingerprint density at radius 1 is 0.950 bits per heavy atom. The fraction of sp³-hybridized carbons (Fsp3) is 0. The summed E-state index contributed by atoms with van der Waals surface area (Å²) in [5, 5.41) is 10.6. The van der Waals surface area contributed by atoms with E-state index in [0.717, 1.165) is 9.87 Å². The fourth-order valence-corrected chi connectivity index (χ4v) is 2.33. The molecule has 0 bridgehead atoms. The lowest BCUT2D eigenvalue weighted by atomic mass is 10.2. The van der Waals surface area contributed by atoms with E-state index in [1.54, 1.807) is 24.3 Å². The van der Waals surface area contributed by atoms with Gasteiger partial charge in [-0.1, -0.05) is 12.1 Å². The maximum Gasteiger partial charge on any atom is 0.269 e. The van der Waals surface area contributed by atoms with Gasteiger partial charge in [-0.2, -0.15) is 0 Å². The monoisotopic (exact) mass is 291 g/mol. The van der Waals surface area contributed by atoms with Gasteiger partial charge in [0.25, 0.3) is 5.69 Å². The van der Waals surface area contributed by atoms with Crippen LogP contribution in [0.15, 0.2) is 48.5 Å². The van der Waals surface area contributed by atoms with Gasteiger partial charge in [0.1, 0.15) is 0 Å². The quantitative estimate of drug-likeness (QED) is 0.533. The minimum atomic E-state index is -2.91. The van der Waals surface area contributed by atoms with Crippen molar-refractivity contribution in [3.05, 3.63) is 71.1 Å². The van der Waals surface area contributed by atoms with Crippen LogP contribution in [0.2, 0.25) is 0 Å². The second-order valence-electron chi connectivity index (χ2n) is 3.99. The fourth-order valence-electron chi connectivity index (χ4n) is 1.69. The maximum atomic E-state index is 11.4. The lowest BCUT2D eigenvalue weighted by molar-refractivity contribution is -0.384. The van der Waals surface area contributed by atoms with E-state index >= 15 is 0 Å². The minimum Gasteiger partial charge on any atom is -0.258 e. The van der Waals surface area contributed by atoms with Crippen molar-refractivity contribution in [1.29, 1.82) is 0 Å². The van der Waals surface area contributed by atoms with Gasteiger partial charge in [-0.25, -0.2) is 12.7 Å². The van der Waals surface area contributed by atoms with E-state index in [-0.39, 0.29) is 5.69 Å². The van der Waals surface area contributed by atoms with E-state index in [2.05, 4.69) is 6.92 Å². The molecule has 1 radical (unpaired) electrons. The summed E-state index contributed by atoms with van der Waals surface area (Å²) in [5.41, 5.74) is 1.45. The molecule has 2 aromatic rings. The Labute approximate surface area is 117 Å². The molecule has 0 spiro atoms. The number of anilines is 2. The van der Waals surface area contributed by atoms with Crippen molar-refractivity contribution < 1.29 is 13.3 Å². The highest BCUT2D eigenvalue weighted by Crippen LogP contribution is 2.27. The van der Waals surface area contributed by atoms with Crippen LogP contribution in [0.1, 0.15) is 5.56 Å². The molecule has 2 rings (SSSR count). The van der Waals surface area contributed by atoms with Crippen molar-refractivity contribution in [3.63, 3.8) is 0 Å². The molecule has 7 heteroatoms. The summed E-state index contributed by atoms with van der Waals surface area (Å²) in [4.78, 5) is 10.1. The number of nitro groups is 1. The summed E-state index contributed by atoms with van der Waals surface area (Å²) in [7, 11) is -2.91. The van der Waals surface area contributed by atoms with E-state index in [0.29, 0.717) is 11.4 Å². The van der Waals surface area contributed by atoms with Crippen LogP contribution in [0.3, 0.4) is 0 Å². The van der Waals surface area contributed by atoms with Crippen LogP contribution in [-0.2, 0) is 10.9 Å². The number of rotatable bonds is 4. The lowest BCUT2D eigenvalue weighted by Gasteiger charge is -2.17. The first-order chi connectivity index (χ1) is 9.49. The first kappa shape index (κ1) is 14.0. The molecule has 0 fully saturated rings. The Balaban J connectivity index is 2.43. The SMILES string of the molecule is [CH2]c1ccc(N(c2ccc([N+](=O)[O-])cc2)[SH](=O)=O)cc1. The Bertz CT molecular complexity index is 685. The Morgan fingerprint density at radius 2 is 1.40 bits per heavy atom. The summed E-state index contributed by atoms with van der Waals surface area (Å²) in [6, 6.07) is 11.9. The van der Waals surface area contributed by atoms with Gasteiger partial charge < -0.3 is 0 Å². The van der Waals surface area contributed by atoms with Crippen LogP contribution in [0.4, 0.5) is 17.1 Å². The summed E-state index contributed by atoms with van der Waals surface area (Å²) < 4.78 is 23.9. The Hall–Kier alpha value is -2.41. The predicted octanol–water partition coefficient (Wildman–Crippen LogP) is 2.44. The molecule has 20 heavy (non-hydrogen) atoms. The number of thiol groups is 1. The smallest absolute Gasteiger partial charge is 0.258 e. The standard InChI is InChI=1S/C13H11N2O4S/c1-10-2-4-11(5-3-10)14(20(18)19)12-6-8-13(9-7-12)15(16)17/h2-9,20H,1H2. The molecule has 103 valence electrons. The zero-order chi connectivity index (χ0) is 14.7. The van der Waals surface area contributed by atoms with Crippen molar-refractivity contribution in [3.8, 4) is 0 Å². The van der Waals surface area contributed by atoms with Gasteiger partial charge in [0.05, 0.1) is 16.3 Å². The summed E-state index contributed by atoms with van der Waals surface area (Å²) in [6.07, 6.45) is 0. The maximum absolute atomic E-state index is 11.4. The first-order valence-corrected chi connectivity index (χ1v) is 6.73. The number of benzene rings is 2. The average molecular weight is 291 g/mol. The zero-order valence-electron chi connectivity index (χ0n) is 10.3. The molecule has 0 saturated heterocycles.